The minimum atomic E-state index is -1.27. The van der Waals surface area contributed by atoms with Crippen LogP contribution in [0, 0.1) is 6.92 Å². The van der Waals surface area contributed by atoms with E-state index in [0.717, 1.165) is 0 Å². The highest BCUT2D eigenvalue weighted by molar-refractivity contribution is 4.91. The van der Waals surface area contributed by atoms with Crippen LogP contribution in [0.25, 0.3) is 0 Å². The van der Waals surface area contributed by atoms with Crippen LogP contribution >= 0.6 is 0 Å². The standard InChI is InChI=1S/C9H17O5/c1-2-3-5-7(11)9(13)8(12)6(4-10)14-5/h5-13H,1-4H2/t5?,6-,7+,8-,9-/m1/s1. The van der Waals surface area contributed by atoms with Crippen molar-refractivity contribution in [2.45, 2.75) is 43.4 Å². The molecule has 1 heterocycles. The zero-order valence-electron chi connectivity index (χ0n) is 7.91. The molecule has 5 nitrogen and oxygen atoms in total. The fourth-order valence-corrected chi connectivity index (χ4v) is 1.62. The van der Waals surface area contributed by atoms with E-state index in [1.807, 2.05) is 0 Å². The summed E-state index contributed by atoms with van der Waals surface area (Å²) in [6.45, 7) is 3.24. The largest absolute Gasteiger partial charge is 0.394 e. The number of rotatable bonds is 3. The Hall–Kier alpha value is -0.200. The minimum Gasteiger partial charge on any atom is -0.394 e. The molecule has 0 aromatic heterocycles. The van der Waals surface area contributed by atoms with Gasteiger partial charge in [0.2, 0.25) is 0 Å². The van der Waals surface area contributed by atoms with Crippen molar-refractivity contribution in [1.82, 2.24) is 0 Å². The molecule has 0 spiro atoms. The number of ether oxygens (including phenoxy) is 1. The van der Waals surface area contributed by atoms with Gasteiger partial charge in [-0.15, -0.1) is 0 Å². The van der Waals surface area contributed by atoms with Gasteiger partial charge in [0, 0.05) is 0 Å². The van der Waals surface area contributed by atoms with E-state index in [4.69, 9.17) is 9.84 Å². The van der Waals surface area contributed by atoms with Gasteiger partial charge in [-0.3, -0.25) is 0 Å². The number of hydrogen-bond donors (Lipinski definition) is 4. The summed E-state index contributed by atoms with van der Waals surface area (Å²) in [5.41, 5.74) is 0. The average molecular weight is 205 g/mol. The molecule has 5 atom stereocenters. The van der Waals surface area contributed by atoms with Crippen molar-refractivity contribution in [2.75, 3.05) is 6.61 Å². The van der Waals surface area contributed by atoms with Crippen molar-refractivity contribution in [3.8, 4) is 0 Å². The van der Waals surface area contributed by atoms with Gasteiger partial charge in [0.25, 0.3) is 0 Å². The van der Waals surface area contributed by atoms with Gasteiger partial charge in [0.1, 0.15) is 24.4 Å². The van der Waals surface area contributed by atoms with Crippen LogP contribution in [0.1, 0.15) is 12.8 Å². The van der Waals surface area contributed by atoms with E-state index >= 15 is 0 Å². The second-order valence-corrected chi connectivity index (χ2v) is 3.51. The van der Waals surface area contributed by atoms with Gasteiger partial charge < -0.3 is 25.2 Å². The predicted octanol–water partition coefficient (Wildman–Crippen LogP) is -1.56. The number of hydrogen-bond acceptors (Lipinski definition) is 5. The zero-order valence-corrected chi connectivity index (χ0v) is 7.91. The number of aliphatic hydroxyl groups is 4. The van der Waals surface area contributed by atoms with E-state index in [2.05, 4.69) is 6.92 Å². The van der Waals surface area contributed by atoms with Gasteiger partial charge in [-0.25, -0.2) is 0 Å². The molecule has 0 amide bonds. The smallest absolute Gasteiger partial charge is 0.111 e. The van der Waals surface area contributed by atoms with E-state index in [9.17, 15) is 15.3 Å². The maximum absolute atomic E-state index is 9.51. The fraction of sp³-hybridized carbons (Fsp3) is 0.889. The molecule has 0 saturated carbocycles. The van der Waals surface area contributed by atoms with E-state index < -0.39 is 30.5 Å². The van der Waals surface area contributed by atoms with Crippen LogP contribution in [-0.2, 0) is 4.74 Å². The third kappa shape index (κ3) is 2.24. The Morgan fingerprint density at radius 3 is 2.07 bits per heavy atom. The van der Waals surface area contributed by atoms with Crippen LogP contribution < -0.4 is 0 Å². The summed E-state index contributed by atoms with van der Waals surface area (Å²) >= 11 is 0. The highest BCUT2D eigenvalue weighted by atomic mass is 16.5. The molecule has 0 aliphatic carbocycles. The molecule has 1 radical (unpaired) electrons. The van der Waals surface area contributed by atoms with Gasteiger partial charge in [0.15, 0.2) is 0 Å². The second kappa shape index (κ2) is 5.04. The summed E-state index contributed by atoms with van der Waals surface area (Å²) in [7, 11) is 0. The van der Waals surface area contributed by atoms with Crippen LogP contribution in [0.3, 0.4) is 0 Å². The molecular weight excluding hydrogens is 188 g/mol. The Balaban J connectivity index is 2.63. The zero-order chi connectivity index (χ0) is 10.7. The highest BCUT2D eigenvalue weighted by Crippen LogP contribution is 2.23. The van der Waals surface area contributed by atoms with Gasteiger partial charge in [-0.2, -0.15) is 0 Å². The third-order valence-electron chi connectivity index (χ3n) is 2.48. The monoisotopic (exact) mass is 205 g/mol. The summed E-state index contributed by atoms with van der Waals surface area (Å²) in [5, 5.41) is 37.2. The molecule has 83 valence electrons. The first-order valence-corrected chi connectivity index (χ1v) is 4.71. The molecule has 1 rings (SSSR count). The normalized spacial score (nSPS) is 43.9. The first-order chi connectivity index (χ1) is 6.61. The lowest BCUT2D eigenvalue weighted by molar-refractivity contribution is -0.230. The molecule has 1 unspecified atom stereocenters. The van der Waals surface area contributed by atoms with Crippen molar-refractivity contribution < 1.29 is 25.2 Å². The van der Waals surface area contributed by atoms with Gasteiger partial charge in [-0.05, 0) is 6.42 Å². The SMILES string of the molecule is [CH2]CCC1O[C@H](CO)[C@@H](O)[C@H](O)[C@H]1O. The Kier molecular flexibility index (Phi) is 4.28. The lowest BCUT2D eigenvalue weighted by Gasteiger charge is -2.40. The topological polar surface area (TPSA) is 90.2 Å². The summed E-state index contributed by atoms with van der Waals surface area (Å²) in [5.74, 6) is 0. The van der Waals surface area contributed by atoms with E-state index in [-0.39, 0.29) is 6.61 Å². The summed E-state index contributed by atoms with van der Waals surface area (Å²) in [6, 6.07) is 0. The maximum atomic E-state index is 9.51. The Bertz CT molecular complexity index is 171. The molecule has 4 N–H and O–H groups in total. The van der Waals surface area contributed by atoms with Crippen LogP contribution in [0.2, 0.25) is 0 Å². The average Bonchev–Trinajstić information content (AvgIpc) is 2.19. The first-order valence-electron chi connectivity index (χ1n) is 4.71. The van der Waals surface area contributed by atoms with Gasteiger partial charge in [0.05, 0.1) is 12.7 Å². The molecular formula is C9H17O5. The lowest BCUT2D eigenvalue weighted by Crippen LogP contribution is -2.58. The Morgan fingerprint density at radius 2 is 1.57 bits per heavy atom. The lowest BCUT2D eigenvalue weighted by atomic mass is 9.93. The molecule has 1 aliphatic rings. The highest BCUT2D eigenvalue weighted by Gasteiger charge is 2.42. The molecule has 0 aromatic rings. The molecule has 5 heteroatoms. The van der Waals surface area contributed by atoms with Crippen LogP contribution in [0.4, 0.5) is 0 Å². The van der Waals surface area contributed by atoms with Gasteiger partial charge in [-0.1, -0.05) is 13.3 Å². The van der Waals surface area contributed by atoms with Crippen molar-refractivity contribution in [1.29, 1.82) is 0 Å². The summed E-state index contributed by atoms with van der Waals surface area (Å²) < 4.78 is 5.22. The quantitative estimate of drug-likeness (QED) is 0.447. The maximum Gasteiger partial charge on any atom is 0.111 e. The molecule has 1 aliphatic heterocycles. The van der Waals surface area contributed by atoms with Gasteiger partial charge >= 0.3 is 0 Å². The van der Waals surface area contributed by atoms with Crippen molar-refractivity contribution in [2.24, 2.45) is 0 Å². The van der Waals surface area contributed by atoms with E-state index in [1.54, 1.807) is 0 Å². The number of aliphatic hydroxyl groups excluding tert-OH is 4. The molecule has 0 bridgehead atoms. The van der Waals surface area contributed by atoms with E-state index in [1.165, 1.54) is 0 Å². The van der Waals surface area contributed by atoms with Crippen molar-refractivity contribution in [3.63, 3.8) is 0 Å². The van der Waals surface area contributed by atoms with Crippen molar-refractivity contribution >= 4 is 0 Å². The summed E-state index contributed by atoms with van der Waals surface area (Å²) in [6.07, 6.45) is -3.97. The fourth-order valence-electron chi connectivity index (χ4n) is 1.62. The third-order valence-corrected chi connectivity index (χ3v) is 2.48. The van der Waals surface area contributed by atoms with Crippen LogP contribution in [0.15, 0.2) is 0 Å². The van der Waals surface area contributed by atoms with Crippen molar-refractivity contribution in [3.05, 3.63) is 6.92 Å². The predicted molar refractivity (Wildman–Crippen MR) is 48.4 cm³/mol. The molecule has 0 aromatic carbocycles. The van der Waals surface area contributed by atoms with Crippen LogP contribution in [0.5, 0.6) is 0 Å². The summed E-state index contributed by atoms with van der Waals surface area (Å²) in [4.78, 5) is 0. The Labute approximate surface area is 82.9 Å². The minimum absolute atomic E-state index is 0.376. The Morgan fingerprint density at radius 1 is 1.00 bits per heavy atom. The molecule has 14 heavy (non-hydrogen) atoms. The molecule has 1 fully saturated rings. The molecule has 1 saturated heterocycles. The first kappa shape index (κ1) is 11.9. The van der Waals surface area contributed by atoms with Crippen LogP contribution in [-0.4, -0.2) is 57.6 Å². The second-order valence-electron chi connectivity index (χ2n) is 3.51. The van der Waals surface area contributed by atoms with E-state index in [0.29, 0.717) is 12.8 Å².